The molecule has 0 heterocycles. The quantitative estimate of drug-likeness (QED) is 0.556. The summed E-state index contributed by atoms with van der Waals surface area (Å²) < 4.78 is 0. The number of rotatable bonds is 4. The smallest absolute Gasteiger partial charge is 0.0624 e. The van der Waals surface area contributed by atoms with Gasteiger partial charge in [-0.25, -0.2) is 0 Å². The molecular formula is C8H12N2. The molecule has 0 rings (SSSR count). The van der Waals surface area contributed by atoms with Crippen molar-refractivity contribution in [1.29, 1.82) is 10.5 Å². The highest BCUT2D eigenvalue weighted by Gasteiger charge is 1.98. The molecule has 2 heteroatoms. The molecule has 0 radical (unpaired) electrons. The number of unbranched alkanes of at least 4 members (excludes halogenated alkanes) is 1. The van der Waals surface area contributed by atoms with Crippen LogP contribution in [-0.2, 0) is 0 Å². The molecule has 0 saturated heterocycles. The van der Waals surface area contributed by atoms with Crippen molar-refractivity contribution in [2.45, 2.75) is 32.6 Å². The van der Waals surface area contributed by atoms with Gasteiger partial charge in [-0.15, -0.1) is 0 Å². The Hall–Kier alpha value is -1.02. The van der Waals surface area contributed by atoms with E-state index in [0.29, 0.717) is 18.8 Å². The maximum Gasteiger partial charge on any atom is 0.0624 e. The van der Waals surface area contributed by atoms with Gasteiger partial charge in [-0.1, -0.05) is 6.92 Å². The fourth-order valence-corrected chi connectivity index (χ4v) is 0.787. The number of nitrogens with zero attached hydrogens (tertiary/aromatic N) is 2. The van der Waals surface area contributed by atoms with Crippen molar-refractivity contribution in [3.8, 4) is 12.1 Å². The van der Waals surface area contributed by atoms with Crippen LogP contribution in [0.5, 0.6) is 0 Å². The van der Waals surface area contributed by atoms with Crippen molar-refractivity contribution in [3.05, 3.63) is 0 Å². The molecule has 0 fully saturated rings. The van der Waals surface area contributed by atoms with Crippen molar-refractivity contribution in [3.63, 3.8) is 0 Å². The summed E-state index contributed by atoms with van der Waals surface area (Å²) in [7, 11) is 0. The van der Waals surface area contributed by atoms with Crippen molar-refractivity contribution < 1.29 is 0 Å². The van der Waals surface area contributed by atoms with Gasteiger partial charge in [0.2, 0.25) is 0 Å². The zero-order chi connectivity index (χ0) is 7.82. The SMILES string of the molecule is CC(CC#N)CCCC#N. The van der Waals surface area contributed by atoms with Crippen LogP contribution in [0, 0.1) is 28.6 Å². The van der Waals surface area contributed by atoms with Crippen LogP contribution in [0.15, 0.2) is 0 Å². The first kappa shape index (κ1) is 8.98. The summed E-state index contributed by atoms with van der Waals surface area (Å²) in [4.78, 5) is 0. The van der Waals surface area contributed by atoms with Gasteiger partial charge in [-0.05, 0) is 18.8 Å². The van der Waals surface area contributed by atoms with Gasteiger partial charge in [-0.3, -0.25) is 0 Å². The zero-order valence-electron chi connectivity index (χ0n) is 6.30. The Bertz CT molecular complexity index is 150. The van der Waals surface area contributed by atoms with Gasteiger partial charge in [0, 0.05) is 12.8 Å². The third-order valence-electron chi connectivity index (χ3n) is 1.43. The van der Waals surface area contributed by atoms with Crippen LogP contribution in [0.2, 0.25) is 0 Å². The zero-order valence-corrected chi connectivity index (χ0v) is 6.30. The summed E-state index contributed by atoms with van der Waals surface area (Å²) in [6.07, 6.45) is 3.17. The molecule has 0 spiro atoms. The highest BCUT2D eigenvalue weighted by atomic mass is 14.2. The average Bonchev–Trinajstić information content (AvgIpc) is 1.89. The Balaban J connectivity index is 3.16. The number of hydrogen-bond acceptors (Lipinski definition) is 2. The van der Waals surface area contributed by atoms with Gasteiger partial charge in [0.15, 0.2) is 0 Å². The lowest BCUT2D eigenvalue weighted by Gasteiger charge is -2.02. The molecule has 0 aliphatic rings. The third kappa shape index (κ3) is 5.12. The van der Waals surface area contributed by atoms with E-state index in [0.717, 1.165) is 12.8 Å². The molecule has 0 bridgehead atoms. The minimum atomic E-state index is 0.457. The van der Waals surface area contributed by atoms with Crippen molar-refractivity contribution in [2.75, 3.05) is 0 Å². The molecule has 0 aromatic heterocycles. The highest BCUT2D eigenvalue weighted by molar-refractivity contribution is 4.75. The lowest BCUT2D eigenvalue weighted by atomic mass is 10.0. The molecule has 0 N–H and O–H groups in total. The lowest BCUT2D eigenvalue weighted by molar-refractivity contribution is 0.525. The first-order chi connectivity index (χ1) is 4.81. The van der Waals surface area contributed by atoms with E-state index >= 15 is 0 Å². The molecule has 10 heavy (non-hydrogen) atoms. The second-order valence-electron chi connectivity index (χ2n) is 2.52. The minimum absolute atomic E-state index is 0.457. The first-order valence-corrected chi connectivity index (χ1v) is 3.55. The Labute approximate surface area is 62.1 Å². The van der Waals surface area contributed by atoms with Gasteiger partial charge in [0.25, 0.3) is 0 Å². The second-order valence-corrected chi connectivity index (χ2v) is 2.52. The van der Waals surface area contributed by atoms with Crippen molar-refractivity contribution in [2.24, 2.45) is 5.92 Å². The monoisotopic (exact) mass is 136 g/mol. The maximum atomic E-state index is 8.28. The summed E-state index contributed by atoms with van der Waals surface area (Å²) >= 11 is 0. The molecule has 0 amide bonds. The Kier molecular flexibility index (Phi) is 5.48. The van der Waals surface area contributed by atoms with Crippen LogP contribution in [0.3, 0.4) is 0 Å². The van der Waals surface area contributed by atoms with E-state index < -0.39 is 0 Å². The molecule has 54 valence electrons. The van der Waals surface area contributed by atoms with E-state index in [9.17, 15) is 0 Å². The van der Waals surface area contributed by atoms with Crippen LogP contribution in [-0.4, -0.2) is 0 Å². The van der Waals surface area contributed by atoms with E-state index in [4.69, 9.17) is 10.5 Å². The molecule has 0 saturated carbocycles. The standard InChI is InChI=1S/C8H12N2/c1-8(5-7-10)4-2-3-6-9/h8H,2-5H2,1H3. The Morgan fingerprint density at radius 2 is 2.00 bits per heavy atom. The van der Waals surface area contributed by atoms with Crippen LogP contribution in [0.25, 0.3) is 0 Å². The van der Waals surface area contributed by atoms with Crippen LogP contribution in [0.1, 0.15) is 32.6 Å². The molecule has 0 aromatic rings. The third-order valence-corrected chi connectivity index (χ3v) is 1.43. The molecule has 0 aliphatic heterocycles. The first-order valence-electron chi connectivity index (χ1n) is 3.55. The minimum Gasteiger partial charge on any atom is -0.198 e. The molecular weight excluding hydrogens is 124 g/mol. The van der Waals surface area contributed by atoms with Crippen LogP contribution < -0.4 is 0 Å². The van der Waals surface area contributed by atoms with E-state index in [2.05, 4.69) is 12.1 Å². The Morgan fingerprint density at radius 3 is 2.50 bits per heavy atom. The summed E-state index contributed by atoms with van der Waals surface area (Å²) in [5, 5.41) is 16.5. The van der Waals surface area contributed by atoms with Crippen molar-refractivity contribution >= 4 is 0 Å². The predicted octanol–water partition coefficient (Wildman–Crippen LogP) is 2.23. The van der Waals surface area contributed by atoms with Gasteiger partial charge in [-0.2, -0.15) is 10.5 Å². The Morgan fingerprint density at radius 1 is 1.30 bits per heavy atom. The molecule has 1 unspecified atom stereocenters. The second kappa shape index (κ2) is 6.11. The molecule has 1 atom stereocenters. The largest absolute Gasteiger partial charge is 0.198 e. The van der Waals surface area contributed by atoms with E-state index in [1.165, 1.54) is 0 Å². The number of nitriles is 2. The fraction of sp³-hybridized carbons (Fsp3) is 0.750. The summed E-state index contributed by atoms with van der Waals surface area (Å²) in [5.41, 5.74) is 0. The summed E-state index contributed by atoms with van der Waals surface area (Å²) in [5.74, 6) is 0.457. The maximum absolute atomic E-state index is 8.28. The topological polar surface area (TPSA) is 47.6 Å². The molecule has 0 aliphatic carbocycles. The summed E-state index contributed by atoms with van der Waals surface area (Å²) in [6, 6.07) is 4.19. The van der Waals surface area contributed by atoms with E-state index in [1.54, 1.807) is 0 Å². The van der Waals surface area contributed by atoms with E-state index in [-0.39, 0.29) is 0 Å². The van der Waals surface area contributed by atoms with Crippen LogP contribution >= 0.6 is 0 Å². The van der Waals surface area contributed by atoms with Crippen molar-refractivity contribution in [1.82, 2.24) is 0 Å². The highest BCUT2D eigenvalue weighted by Crippen LogP contribution is 2.09. The normalized spacial score (nSPS) is 11.5. The molecule has 2 nitrogen and oxygen atoms in total. The van der Waals surface area contributed by atoms with Gasteiger partial charge < -0.3 is 0 Å². The predicted molar refractivity (Wildman–Crippen MR) is 38.9 cm³/mol. The summed E-state index contributed by atoms with van der Waals surface area (Å²) in [6.45, 7) is 2.04. The van der Waals surface area contributed by atoms with Crippen LogP contribution in [0.4, 0.5) is 0 Å². The average molecular weight is 136 g/mol. The molecule has 0 aromatic carbocycles. The lowest BCUT2D eigenvalue weighted by Crippen LogP contribution is -1.91. The van der Waals surface area contributed by atoms with Gasteiger partial charge >= 0.3 is 0 Å². The van der Waals surface area contributed by atoms with Gasteiger partial charge in [0.1, 0.15) is 0 Å². The fourth-order valence-electron chi connectivity index (χ4n) is 0.787. The van der Waals surface area contributed by atoms with E-state index in [1.807, 2.05) is 6.92 Å². The number of hydrogen-bond donors (Lipinski definition) is 0. The van der Waals surface area contributed by atoms with Gasteiger partial charge in [0.05, 0.1) is 12.1 Å².